The Morgan fingerprint density at radius 3 is 2.48 bits per heavy atom. The zero-order valence-corrected chi connectivity index (χ0v) is 14.2. The van der Waals surface area contributed by atoms with Crippen LogP contribution in [0.1, 0.15) is 72.1 Å². The van der Waals surface area contributed by atoms with E-state index in [-0.39, 0.29) is 6.09 Å². The minimum Gasteiger partial charge on any atom is -0.450 e. The number of ether oxygens (including phenoxy) is 1. The molecule has 1 heterocycles. The predicted molar refractivity (Wildman–Crippen MR) is 87.6 cm³/mol. The lowest BCUT2D eigenvalue weighted by molar-refractivity contribution is 0.0942. The number of carbonyl (C=O) groups is 1. The molecule has 1 rings (SSSR count). The van der Waals surface area contributed by atoms with Gasteiger partial charge >= 0.3 is 6.09 Å². The Morgan fingerprint density at radius 1 is 1.19 bits per heavy atom. The zero-order valence-electron chi connectivity index (χ0n) is 14.2. The van der Waals surface area contributed by atoms with Gasteiger partial charge < -0.3 is 15.0 Å². The summed E-state index contributed by atoms with van der Waals surface area (Å²) in [5.41, 5.74) is 0. The Hall–Kier alpha value is -0.770. The molecule has 1 amide bonds. The van der Waals surface area contributed by atoms with Gasteiger partial charge in [0.2, 0.25) is 0 Å². The monoisotopic (exact) mass is 298 g/mol. The van der Waals surface area contributed by atoms with Crippen molar-refractivity contribution >= 4 is 6.09 Å². The van der Waals surface area contributed by atoms with Gasteiger partial charge in [-0.1, -0.05) is 39.0 Å². The molecule has 0 spiro atoms. The van der Waals surface area contributed by atoms with Crippen LogP contribution in [0, 0.1) is 0 Å². The fourth-order valence-corrected chi connectivity index (χ4v) is 2.98. The van der Waals surface area contributed by atoms with E-state index in [2.05, 4.69) is 19.2 Å². The molecule has 0 bridgehead atoms. The van der Waals surface area contributed by atoms with Crippen molar-refractivity contribution in [3.8, 4) is 0 Å². The van der Waals surface area contributed by atoms with Gasteiger partial charge in [0.15, 0.2) is 0 Å². The molecule has 0 saturated carbocycles. The summed E-state index contributed by atoms with van der Waals surface area (Å²) in [5, 5.41) is 3.72. The number of nitrogens with one attached hydrogen (secondary N) is 1. The molecule has 1 aliphatic rings. The Morgan fingerprint density at radius 2 is 1.86 bits per heavy atom. The van der Waals surface area contributed by atoms with Gasteiger partial charge in [-0.25, -0.2) is 4.79 Å². The molecule has 0 aliphatic carbocycles. The number of hydrogen-bond acceptors (Lipinski definition) is 3. The first-order valence-electron chi connectivity index (χ1n) is 8.85. The van der Waals surface area contributed by atoms with Crippen molar-refractivity contribution < 1.29 is 9.53 Å². The van der Waals surface area contributed by atoms with Gasteiger partial charge in [-0.3, -0.25) is 0 Å². The maximum atomic E-state index is 11.6. The van der Waals surface area contributed by atoms with Crippen molar-refractivity contribution in [1.82, 2.24) is 10.2 Å². The highest BCUT2D eigenvalue weighted by Gasteiger charge is 2.23. The third-order valence-corrected chi connectivity index (χ3v) is 4.28. The topological polar surface area (TPSA) is 41.6 Å². The molecule has 1 unspecified atom stereocenters. The van der Waals surface area contributed by atoms with Crippen LogP contribution in [-0.2, 0) is 4.74 Å². The summed E-state index contributed by atoms with van der Waals surface area (Å²) >= 11 is 0. The Bertz CT molecular complexity index is 276. The van der Waals surface area contributed by atoms with E-state index in [9.17, 15) is 4.79 Å². The average Bonchev–Trinajstić information content (AvgIpc) is 2.48. The number of hydrogen-bond donors (Lipinski definition) is 1. The molecule has 4 nitrogen and oxygen atoms in total. The number of amides is 1. The zero-order chi connectivity index (χ0) is 15.5. The summed E-state index contributed by atoms with van der Waals surface area (Å²) in [7, 11) is 0. The van der Waals surface area contributed by atoms with Gasteiger partial charge in [0.05, 0.1) is 6.61 Å². The molecular formula is C17H34N2O2. The van der Waals surface area contributed by atoms with Crippen molar-refractivity contribution in [3.63, 3.8) is 0 Å². The minimum absolute atomic E-state index is 0.153. The number of nitrogens with zero attached hydrogens (tertiary/aromatic N) is 1. The fraction of sp³-hybridized carbons (Fsp3) is 0.941. The molecular weight excluding hydrogens is 264 g/mol. The summed E-state index contributed by atoms with van der Waals surface area (Å²) in [6, 6.07) is 1.15. The van der Waals surface area contributed by atoms with Gasteiger partial charge in [0, 0.05) is 25.2 Å². The van der Waals surface area contributed by atoms with Crippen molar-refractivity contribution in [2.45, 2.75) is 84.2 Å². The third-order valence-electron chi connectivity index (χ3n) is 4.28. The molecule has 0 aromatic heterocycles. The van der Waals surface area contributed by atoms with Crippen LogP contribution in [0.25, 0.3) is 0 Å². The second kappa shape index (κ2) is 10.9. The second-order valence-corrected chi connectivity index (χ2v) is 6.23. The Kier molecular flexibility index (Phi) is 9.48. The molecule has 1 atom stereocenters. The Labute approximate surface area is 130 Å². The van der Waals surface area contributed by atoms with Crippen LogP contribution in [0.5, 0.6) is 0 Å². The van der Waals surface area contributed by atoms with Crippen LogP contribution in [0.4, 0.5) is 4.79 Å². The largest absolute Gasteiger partial charge is 0.450 e. The highest BCUT2D eigenvalue weighted by molar-refractivity contribution is 5.67. The van der Waals surface area contributed by atoms with Crippen molar-refractivity contribution in [2.75, 3.05) is 19.7 Å². The number of rotatable bonds is 9. The number of unbranched alkanes of at least 4 members (excludes halogenated alkanes) is 4. The van der Waals surface area contributed by atoms with E-state index in [4.69, 9.17) is 4.74 Å². The molecule has 1 N–H and O–H groups in total. The molecule has 0 radical (unpaired) electrons. The first-order chi connectivity index (χ1) is 10.2. The predicted octanol–water partition coefficient (Wildman–Crippen LogP) is 3.95. The molecule has 0 aromatic carbocycles. The smallest absolute Gasteiger partial charge is 0.409 e. The second-order valence-electron chi connectivity index (χ2n) is 6.23. The van der Waals surface area contributed by atoms with Gasteiger partial charge in [0.25, 0.3) is 0 Å². The lowest BCUT2D eigenvalue weighted by Gasteiger charge is -2.33. The summed E-state index contributed by atoms with van der Waals surface area (Å²) in [4.78, 5) is 13.5. The maximum absolute atomic E-state index is 11.6. The SMILES string of the molecule is CCCCCCCC(C)NC1CCN(C(=O)OCC)CC1. The molecule has 0 aromatic rings. The molecule has 4 heteroatoms. The highest BCUT2D eigenvalue weighted by Crippen LogP contribution is 2.14. The third kappa shape index (κ3) is 7.70. The Balaban J connectivity index is 2.10. The first kappa shape index (κ1) is 18.3. The summed E-state index contributed by atoms with van der Waals surface area (Å²) in [5.74, 6) is 0. The van der Waals surface area contributed by atoms with Crippen LogP contribution < -0.4 is 5.32 Å². The molecule has 124 valence electrons. The summed E-state index contributed by atoms with van der Waals surface area (Å²) in [6.45, 7) is 8.50. The summed E-state index contributed by atoms with van der Waals surface area (Å²) < 4.78 is 5.05. The van der Waals surface area contributed by atoms with Gasteiger partial charge in [-0.15, -0.1) is 0 Å². The highest BCUT2D eigenvalue weighted by atomic mass is 16.6. The standard InChI is InChI=1S/C17H34N2O2/c1-4-6-7-8-9-10-15(3)18-16-11-13-19(14-12-16)17(20)21-5-2/h15-16,18H,4-14H2,1-3H3. The van der Waals surface area contributed by atoms with Crippen LogP contribution >= 0.6 is 0 Å². The molecule has 21 heavy (non-hydrogen) atoms. The van der Waals surface area contributed by atoms with Crippen LogP contribution in [-0.4, -0.2) is 42.8 Å². The molecule has 1 aliphatic heterocycles. The van der Waals surface area contributed by atoms with E-state index in [1.54, 1.807) is 0 Å². The van der Waals surface area contributed by atoms with Gasteiger partial charge in [-0.05, 0) is 33.1 Å². The van der Waals surface area contributed by atoms with E-state index >= 15 is 0 Å². The van der Waals surface area contributed by atoms with Crippen LogP contribution in [0.3, 0.4) is 0 Å². The number of likely N-dealkylation sites (tertiary alicyclic amines) is 1. The van der Waals surface area contributed by atoms with Crippen molar-refractivity contribution in [2.24, 2.45) is 0 Å². The minimum atomic E-state index is -0.153. The van der Waals surface area contributed by atoms with Crippen LogP contribution in [0.15, 0.2) is 0 Å². The lowest BCUT2D eigenvalue weighted by atomic mass is 10.0. The average molecular weight is 298 g/mol. The number of carbonyl (C=O) groups excluding carboxylic acids is 1. The maximum Gasteiger partial charge on any atom is 0.409 e. The van der Waals surface area contributed by atoms with E-state index in [1.807, 2.05) is 11.8 Å². The van der Waals surface area contributed by atoms with E-state index in [0.29, 0.717) is 18.7 Å². The lowest BCUT2D eigenvalue weighted by Crippen LogP contribution is -2.47. The normalized spacial score (nSPS) is 17.8. The van der Waals surface area contributed by atoms with E-state index in [1.165, 1.54) is 38.5 Å². The quantitative estimate of drug-likeness (QED) is 0.655. The first-order valence-corrected chi connectivity index (χ1v) is 8.85. The fourth-order valence-electron chi connectivity index (χ4n) is 2.98. The van der Waals surface area contributed by atoms with Crippen molar-refractivity contribution in [1.29, 1.82) is 0 Å². The van der Waals surface area contributed by atoms with Crippen LogP contribution in [0.2, 0.25) is 0 Å². The van der Waals surface area contributed by atoms with E-state index < -0.39 is 0 Å². The van der Waals surface area contributed by atoms with Gasteiger partial charge in [0.1, 0.15) is 0 Å². The van der Waals surface area contributed by atoms with Gasteiger partial charge in [-0.2, -0.15) is 0 Å². The van der Waals surface area contributed by atoms with E-state index in [0.717, 1.165) is 25.9 Å². The number of piperidine rings is 1. The summed E-state index contributed by atoms with van der Waals surface area (Å²) in [6.07, 6.45) is 9.94. The van der Waals surface area contributed by atoms with Crippen molar-refractivity contribution in [3.05, 3.63) is 0 Å². The molecule has 1 saturated heterocycles. The molecule has 1 fully saturated rings.